The molecule has 0 radical (unpaired) electrons. The number of nitrogens with zero attached hydrogens (tertiary/aromatic N) is 2. The van der Waals surface area contributed by atoms with Crippen LogP contribution in [0.2, 0.25) is 0 Å². The minimum atomic E-state index is -0.226. The predicted molar refractivity (Wildman–Crippen MR) is 114 cm³/mol. The molecule has 3 nitrogen and oxygen atoms in total. The summed E-state index contributed by atoms with van der Waals surface area (Å²) in [6.07, 6.45) is 0. The van der Waals surface area contributed by atoms with Crippen LogP contribution in [0.4, 0.5) is 4.39 Å². The summed E-state index contributed by atoms with van der Waals surface area (Å²) >= 11 is 1.49. The molecule has 1 aliphatic rings. The monoisotopic (exact) mass is 425 g/mol. The van der Waals surface area contributed by atoms with Crippen molar-refractivity contribution in [3.63, 3.8) is 0 Å². The maximum absolute atomic E-state index is 13.9. The first-order valence-electron chi connectivity index (χ1n) is 8.43. The van der Waals surface area contributed by atoms with Crippen LogP contribution in [0.3, 0.4) is 0 Å². The van der Waals surface area contributed by atoms with Crippen LogP contribution >= 0.6 is 36.2 Å². The minimum absolute atomic E-state index is 0. The van der Waals surface area contributed by atoms with Gasteiger partial charge in [0.15, 0.2) is 0 Å². The Morgan fingerprint density at radius 3 is 2.48 bits per heavy atom. The number of thiazole rings is 1. The average Bonchev–Trinajstić information content (AvgIpc) is 3.23. The Morgan fingerprint density at radius 1 is 1.04 bits per heavy atom. The molecular weight excluding hydrogens is 404 g/mol. The number of hydrogen-bond acceptors (Lipinski definition) is 4. The van der Waals surface area contributed by atoms with E-state index in [0.717, 1.165) is 30.3 Å². The van der Waals surface area contributed by atoms with E-state index in [-0.39, 0.29) is 36.7 Å². The average molecular weight is 426 g/mol. The molecule has 0 amide bonds. The first-order chi connectivity index (χ1) is 12.2. The second kappa shape index (κ2) is 9.62. The van der Waals surface area contributed by atoms with Crippen molar-refractivity contribution in [3.8, 4) is 10.6 Å². The van der Waals surface area contributed by atoms with Gasteiger partial charge in [-0.15, -0.1) is 36.2 Å². The normalized spacial score (nSPS) is 19.3. The Kier molecular flexibility index (Phi) is 7.77. The van der Waals surface area contributed by atoms with Crippen molar-refractivity contribution in [2.75, 3.05) is 13.1 Å². The Bertz CT molecular complexity index is 859. The van der Waals surface area contributed by atoms with E-state index in [9.17, 15) is 4.39 Å². The van der Waals surface area contributed by atoms with E-state index in [4.69, 9.17) is 5.73 Å². The van der Waals surface area contributed by atoms with Gasteiger partial charge in [-0.3, -0.25) is 4.90 Å². The van der Waals surface area contributed by atoms with Gasteiger partial charge in [-0.25, -0.2) is 9.37 Å². The molecule has 1 fully saturated rings. The SMILES string of the molecule is Cl.Cl.N[C@@H]1CN(Cc2csc(-c3ccccc3F)n2)C[C@H]1c1ccccc1. The van der Waals surface area contributed by atoms with Gasteiger partial charge >= 0.3 is 0 Å². The number of halogens is 3. The topological polar surface area (TPSA) is 42.1 Å². The van der Waals surface area contributed by atoms with Crippen molar-refractivity contribution in [1.29, 1.82) is 0 Å². The molecule has 2 atom stereocenters. The Hall–Kier alpha value is -1.50. The summed E-state index contributed by atoms with van der Waals surface area (Å²) in [5.74, 6) is 0.126. The van der Waals surface area contributed by atoms with Crippen molar-refractivity contribution < 1.29 is 4.39 Å². The highest BCUT2D eigenvalue weighted by atomic mass is 35.5. The van der Waals surface area contributed by atoms with Crippen LogP contribution < -0.4 is 5.73 Å². The zero-order valence-electron chi connectivity index (χ0n) is 14.6. The molecule has 0 saturated carbocycles. The van der Waals surface area contributed by atoms with Crippen molar-refractivity contribution in [3.05, 3.63) is 77.1 Å². The van der Waals surface area contributed by atoms with Gasteiger partial charge in [-0.1, -0.05) is 42.5 Å². The fraction of sp³-hybridized carbons (Fsp3) is 0.250. The lowest BCUT2D eigenvalue weighted by molar-refractivity contribution is 0.320. The van der Waals surface area contributed by atoms with Crippen LogP contribution in [0.1, 0.15) is 17.2 Å². The number of likely N-dealkylation sites (tertiary alicyclic amines) is 1. The van der Waals surface area contributed by atoms with Crippen LogP contribution in [0.25, 0.3) is 10.6 Å². The standard InChI is InChI=1S/C20H20FN3S.2ClH/c21-18-9-5-4-8-16(18)20-23-15(13-25-20)10-24-11-17(19(22)12-24)14-6-2-1-3-7-14;;/h1-9,13,17,19H,10-12,22H2;2*1H/t17-,19+;;/m0../s1. The molecule has 0 bridgehead atoms. The van der Waals surface area contributed by atoms with Gasteiger partial charge in [0.2, 0.25) is 0 Å². The fourth-order valence-electron chi connectivity index (χ4n) is 3.46. The first kappa shape index (κ1) is 21.8. The van der Waals surface area contributed by atoms with Gasteiger partial charge in [0.05, 0.1) is 5.69 Å². The summed E-state index contributed by atoms with van der Waals surface area (Å²) < 4.78 is 13.9. The molecule has 0 unspecified atom stereocenters. The Balaban J connectivity index is 0.00000131. The molecule has 2 N–H and O–H groups in total. The van der Waals surface area contributed by atoms with Gasteiger partial charge < -0.3 is 5.73 Å². The second-order valence-corrected chi connectivity index (χ2v) is 7.36. The number of aromatic nitrogens is 1. The lowest BCUT2D eigenvalue weighted by Crippen LogP contribution is -2.28. The van der Waals surface area contributed by atoms with E-state index in [2.05, 4.69) is 34.1 Å². The summed E-state index contributed by atoms with van der Waals surface area (Å²) in [5, 5.41) is 2.75. The molecule has 1 aliphatic heterocycles. The van der Waals surface area contributed by atoms with E-state index in [1.165, 1.54) is 23.0 Å². The molecule has 2 heterocycles. The summed E-state index contributed by atoms with van der Waals surface area (Å²) in [5.41, 5.74) is 9.20. The predicted octanol–water partition coefficient (Wildman–Crippen LogP) is 4.72. The van der Waals surface area contributed by atoms with E-state index >= 15 is 0 Å². The molecule has 27 heavy (non-hydrogen) atoms. The molecule has 1 aromatic heterocycles. The minimum Gasteiger partial charge on any atom is -0.326 e. The van der Waals surface area contributed by atoms with Crippen LogP contribution in [0.15, 0.2) is 60.0 Å². The molecule has 4 rings (SSSR count). The van der Waals surface area contributed by atoms with Gasteiger partial charge in [0.1, 0.15) is 10.8 Å². The van der Waals surface area contributed by atoms with E-state index in [1.807, 2.05) is 17.5 Å². The summed E-state index contributed by atoms with van der Waals surface area (Å²) in [6, 6.07) is 17.4. The van der Waals surface area contributed by atoms with E-state index in [0.29, 0.717) is 11.5 Å². The molecule has 3 aromatic rings. The van der Waals surface area contributed by atoms with Crippen LogP contribution in [0.5, 0.6) is 0 Å². The summed E-state index contributed by atoms with van der Waals surface area (Å²) in [6.45, 7) is 2.53. The zero-order chi connectivity index (χ0) is 17.2. The van der Waals surface area contributed by atoms with Gasteiger partial charge in [0, 0.05) is 42.5 Å². The summed E-state index contributed by atoms with van der Waals surface area (Å²) in [4.78, 5) is 6.96. The quantitative estimate of drug-likeness (QED) is 0.657. The molecule has 7 heteroatoms. The number of benzene rings is 2. The van der Waals surface area contributed by atoms with Crippen molar-refractivity contribution in [2.24, 2.45) is 5.73 Å². The number of rotatable bonds is 4. The maximum Gasteiger partial charge on any atom is 0.133 e. The second-order valence-electron chi connectivity index (χ2n) is 6.50. The lowest BCUT2D eigenvalue weighted by Gasteiger charge is -2.15. The smallest absolute Gasteiger partial charge is 0.133 e. The van der Waals surface area contributed by atoms with Crippen molar-refractivity contribution >= 4 is 36.2 Å². The van der Waals surface area contributed by atoms with Crippen LogP contribution in [-0.2, 0) is 6.54 Å². The Morgan fingerprint density at radius 2 is 1.74 bits per heavy atom. The molecule has 1 saturated heterocycles. The zero-order valence-corrected chi connectivity index (χ0v) is 17.1. The maximum atomic E-state index is 13.9. The third-order valence-corrected chi connectivity index (χ3v) is 5.63. The van der Waals surface area contributed by atoms with Crippen LogP contribution in [0, 0.1) is 5.82 Å². The van der Waals surface area contributed by atoms with Gasteiger partial charge in [-0.2, -0.15) is 0 Å². The lowest BCUT2D eigenvalue weighted by atomic mass is 9.95. The highest BCUT2D eigenvalue weighted by Crippen LogP contribution is 2.29. The molecular formula is C20H22Cl2FN3S. The van der Waals surface area contributed by atoms with E-state index in [1.54, 1.807) is 12.1 Å². The van der Waals surface area contributed by atoms with Gasteiger partial charge in [0.25, 0.3) is 0 Å². The highest BCUT2D eigenvalue weighted by Gasteiger charge is 2.31. The molecule has 0 spiro atoms. The molecule has 144 valence electrons. The fourth-order valence-corrected chi connectivity index (χ4v) is 4.30. The van der Waals surface area contributed by atoms with E-state index < -0.39 is 0 Å². The molecule has 2 aromatic carbocycles. The number of hydrogen-bond donors (Lipinski definition) is 1. The van der Waals surface area contributed by atoms with Crippen molar-refractivity contribution in [1.82, 2.24) is 9.88 Å². The highest BCUT2D eigenvalue weighted by molar-refractivity contribution is 7.13. The van der Waals surface area contributed by atoms with Crippen molar-refractivity contribution in [2.45, 2.75) is 18.5 Å². The third-order valence-electron chi connectivity index (χ3n) is 4.71. The molecule has 0 aliphatic carbocycles. The van der Waals surface area contributed by atoms with Crippen LogP contribution in [-0.4, -0.2) is 29.0 Å². The largest absolute Gasteiger partial charge is 0.326 e. The third kappa shape index (κ3) is 4.86. The Labute approximate surface area is 175 Å². The van der Waals surface area contributed by atoms with Gasteiger partial charge in [-0.05, 0) is 17.7 Å². The number of nitrogens with two attached hydrogens (primary N) is 1. The first-order valence-corrected chi connectivity index (χ1v) is 9.31. The summed E-state index contributed by atoms with van der Waals surface area (Å²) in [7, 11) is 0.